The van der Waals surface area contributed by atoms with E-state index in [0.29, 0.717) is 0 Å². The number of nitrogens with two attached hydrogens (primary N) is 1. The van der Waals surface area contributed by atoms with Gasteiger partial charge in [0.05, 0.1) is 6.21 Å². The van der Waals surface area contributed by atoms with Crippen molar-refractivity contribution in [1.29, 1.82) is 0 Å². The average Bonchev–Trinajstić information content (AvgIpc) is 2.21. The lowest BCUT2D eigenvalue weighted by Crippen LogP contribution is -2.37. The third-order valence-electron chi connectivity index (χ3n) is 1.59. The fourth-order valence-corrected chi connectivity index (χ4v) is 0.850. The van der Waals surface area contributed by atoms with Crippen molar-refractivity contribution >= 4 is 12.2 Å². The smallest absolute Gasteiger partial charge is 0.274 e. The number of carbonyl (C=O) groups is 1. The summed E-state index contributed by atoms with van der Waals surface area (Å²) < 4.78 is 0. The number of hydrogen-bond acceptors (Lipinski definition) is 3. The predicted octanol–water partition coefficient (Wildman–Crippen LogP) is 0.502. The number of hydrazone groups is 1. The lowest BCUT2D eigenvalue weighted by molar-refractivity contribution is 0.241. The van der Waals surface area contributed by atoms with E-state index in [1.165, 1.54) is 11.8 Å². The fourth-order valence-electron chi connectivity index (χ4n) is 0.850. The van der Waals surface area contributed by atoms with Crippen LogP contribution in [0.4, 0.5) is 4.79 Å². The summed E-state index contributed by atoms with van der Waals surface area (Å²) in [5.74, 6) is 4.84. The fraction of sp³-hybridized carbons (Fsp3) is 0.111. The molecule has 0 spiro atoms. The van der Waals surface area contributed by atoms with Gasteiger partial charge in [0.25, 0.3) is 0 Å². The number of nitrogens with one attached hydrogen (secondary N) is 2. The third-order valence-corrected chi connectivity index (χ3v) is 1.59. The van der Waals surface area contributed by atoms with Gasteiger partial charge >= 0.3 is 6.03 Å². The number of aryl methyl sites for hydroxylation is 1. The molecule has 0 aliphatic heterocycles. The average molecular weight is 192 g/mol. The van der Waals surface area contributed by atoms with Crippen LogP contribution in [0.2, 0.25) is 0 Å². The van der Waals surface area contributed by atoms with Gasteiger partial charge in [0.15, 0.2) is 0 Å². The Morgan fingerprint density at radius 2 is 2.07 bits per heavy atom. The Hall–Kier alpha value is -1.88. The number of hydrazine groups is 1. The second-order valence-corrected chi connectivity index (χ2v) is 2.75. The predicted molar refractivity (Wildman–Crippen MR) is 54.6 cm³/mol. The third kappa shape index (κ3) is 3.24. The van der Waals surface area contributed by atoms with Crippen LogP contribution in [0, 0.1) is 6.92 Å². The van der Waals surface area contributed by atoms with Crippen LogP contribution in [0.25, 0.3) is 0 Å². The lowest BCUT2D eigenvalue weighted by Gasteiger charge is -1.96. The molecule has 0 saturated carbocycles. The minimum Gasteiger partial charge on any atom is -0.274 e. The van der Waals surface area contributed by atoms with E-state index in [-0.39, 0.29) is 0 Å². The molecule has 0 fully saturated rings. The van der Waals surface area contributed by atoms with Crippen molar-refractivity contribution in [1.82, 2.24) is 10.9 Å². The summed E-state index contributed by atoms with van der Waals surface area (Å²) in [6, 6.07) is 7.18. The highest BCUT2D eigenvalue weighted by atomic mass is 16.2. The molecule has 1 rings (SSSR count). The number of benzene rings is 1. The van der Waals surface area contributed by atoms with Crippen LogP contribution >= 0.6 is 0 Å². The number of rotatable bonds is 2. The van der Waals surface area contributed by atoms with Gasteiger partial charge in [-0.05, 0) is 12.5 Å². The van der Waals surface area contributed by atoms with Crippen LogP contribution in [0.15, 0.2) is 29.4 Å². The molecule has 1 aromatic rings. The molecule has 1 aromatic carbocycles. The van der Waals surface area contributed by atoms with Gasteiger partial charge in [-0.1, -0.05) is 29.8 Å². The van der Waals surface area contributed by atoms with E-state index in [4.69, 9.17) is 5.84 Å². The normalized spacial score (nSPS) is 10.1. The zero-order valence-electron chi connectivity index (χ0n) is 7.82. The first-order chi connectivity index (χ1) is 6.72. The highest BCUT2D eigenvalue weighted by Crippen LogP contribution is 1.99. The molecule has 0 bridgehead atoms. The van der Waals surface area contributed by atoms with Crippen molar-refractivity contribution in [2.75, 3.05) is 0 Å². The largest absolute Gasteiger partial charge is 0.349 e. The molecule has 0 aliphatic rings. The van der Waals surface area contributed by atoms with Gasteiger partial charge in [-0.15, -0.1) is 0 Å². The van der Waals surface area contributed by atoms with Crippen molar-refractivity contribution in [2.24, 2.45) is 10.9 Å². The quantitative estimate of drug-likeness (QED) is 0.276. The molecule has 0 heterocycles. The zero-order valence-corrected chi connectivity index (χ0v) is 7.82. The first-order valence-electron chi connectivity index (χ1n) is 4.08. The summed E-state index contributed by atoms with van der Waals surface area (Å²) >= 11 is 0. The van der Waals surface area contributed by atoms with Gasteiger partial charge in [-0.2, -0.15) is 5.10 Å². The molecule has 74 valence electrons. The monoisotopic (exact) mass is 192 g/mol. The van der Waals surface area contributed by atoms with Crippen molar-refractivity contribution < 1.29 is 4.79 Å². The van der Waals surface area contributed by atoms with Crippen molar-refractivity contribution in [2.45, 2.75) is 6.92 Å². The maximum atomic E-state index is 10.6. The molecule has 0 aromatic heterocycles. The summed E-state index contributed by atoms with van der Waals surface area (Å²) in [6.45, 7) is 2.00. The Kier molecular flexibility index (Phi) is 3.63. The second kappa shape index (κ2) is 4.98. The zero-order chi connectivity index (χ0) is 10.4. The topological polar surface area (TPSA) is 79.5 Å². The van der Waals surface area contributed by atoms with Crippen LogP contribution < -0.4 is 16.7 Å². The Bertz CT molecular complexity index is 331. The van der Waals surface area contributed by atoms with E-state index in [2.05, 4.69) is 10.5 Å². The van der Waals surface area contributed by atoms with Gasteiger partial charge < -0.3 is 0 Å². The molecular formula is C9H12N4O. The molecular weight excluding hydrogens is 180 g/mol. The van der Waals surface area contributed by atoms with Crippen molar-refractivity contribution in [3.05, 3.63) is 35.4 Å². The number of nitrogens with zero attached hydrogens (tertiary/aromatic N) is 1. The van der Waals surface area contributed by atoms with Gasteiger partial charge in [-0.3, -0.25) is 5.43 Å². The molecule has 14 heavy (non-hydrogen) atoms. The number of hydrogen-bond donors (Lipinski definition) is 3. The Morgan fingerprint density at radius 3 is 2.64 bits per heavy atom. The van der Waals surface area contributed by atoms with E-state index in [1.54, 1.807) is 0 Å². The molecule has 0 unspecified atom stereocenters. The van der Waals surface area contributed by atoms with Crippen molar-refractivity contribution in [3.8, 4) is 0 Å². The van der Waals surface area contributed by atoms with Crippen molar-refractivity contribution in [3.63, 3.8) is 0 Å². The maximum Gasteiger partial charge on any atom is 0.349 e. The molecule has 2 amide bonds. The summed E-state index contributed by atoms with van der Waals surface area (Å²) in [4.78, 5) is 10.6. The van der Waals surface area contributed by atoms with E-state index < -0.39 is 6.03 Å². The molecule has 4 N–H and O–H groups in total. The number of urea groups is 1. The van der Waals surface area contributed by atoms with E-state index >= 15 is 0 Å². The summed E-state index contributed by atoms with van der Waals surface area (Å²) in [6.07, 6.45) is 1.54. The Morgan fingerprint density at radius 1 is 1.43 bits per heavy atom. The highest BCUT2D eigenvalue weighted by Gasteiger charge is 1.90. The number of amides is 2. The van der Waals surface area contributed by atoms with Gasteiger partial charge in [0.2, 0.25) is 0 Å². The minimum atomic E-state index is -0.548. The van der Waals surface area contributed by atoms with Crippen LogP contribution in [-0.2, 0) is 0 Å². The Balaban J connectivity index is 2.52. The maximum absolute atomic E-state index is 10.6. The van der Waals surface area contributed by atoms with E-state index in [1.807, 2.05) is 36.6 Å². The number of carbonyl (C=O) groups excluding carboxylic acids is 1. The molecule has 0 aliphatic carbocycles. The summed E-state index contributed by atoms with van der Waals surface area (Å²) in [5, 5.41) is 3.67. The van der Waals surface area contributed by atoms with Gasteiger partial charge in [0.1, 0.15) is 0 Å². The first kappa shape index (κ1) is 10.2. The van der Waals surface area contributed by atoms with Crippen LogP contribution in [0.1, 0.15) is 11.1 Å². The Labute approximate surface area is 82.0 Å². The van der Waals surface area contributed by atoms with Crippen LogP contribution in [-0.4, -0.2) is 12.2 Å². The molecule has 5 heteroatoms. The first-order valence-corrected chi connectivity index (χ1v) is 4.08. The van der Waals surface area contributed by atoms with E-state index in [0.717, 1.165) is 5.56 Å². The highest BCUT2D eigenvalue weighted by molar-refractivity contribution is 5.81. The molecule has 0 radical (unpaired) electrons. The lowest BCUT2D eigenvalue weighted by atomic mass is 10.2. The van der Waals surface area contributed by atoms with Crippen LogP contribution in [0.5, 0.6) is 0 Å². The summed E-state index contributed by atoms with van der Waals surface area (Å²) in [7, 11) is 0. The molecule has 5 nitrogen and oxygen atoms in total. The minimum absolute atomic E-state index is 0.548. The molecule has 0 atom stereocenters. The summed E-state index contributed by atoms with van der Waals surface area (Å²) in [5.41, 5.74) is 6.17. The molecule has 0 saturated heterocycles. The standard InChI is InChI=1S/C9H12N4O/c1-7-2-4-8(5-3-7)6-11-13-9(14)12-10/h2-6H,10H2,1H3,(H2,12,13,14). The van der Waals surface area contributed by atoms with Crippen LogP contribution in [0.3, 0.4) is 0 Å². The SMILES string of the molecule is Cc1ccc(C=NNC(=O)NN)cc1. The van der Waals surface area contributed by atoms with Gasteiger partial charge in [0, 0.05) is 0 Å². The second-order valence-electron chi connectivity index (χ2n) is 2.75. The van der Waals surface area contributed by atoms with E-state index in [9.17, 15) is 4.79 Å². The van der Waals surface area contributed by atoms with Gasteiger partial charge in [-0.25, -0.2) is 16.1 Å².